The Morgan fingerprint density at radius 1 is 1.24 bits per heavy atom. The molecule has 86 valence electrons. The highest BCUT2D eigenvalue weighted by molar-refractivity contribution is 5.41. The van der Waals surface area contributed by atoms with E-state index in [0.717, 1.165) is 16.9 Å². The minimum Gasteiger partial charge on any atom is -0.229 e. The van der Waals surface area contributed by atoms with Crippen LogP contribution < -0.4 is 0 Å². The summed E-state index contributed by atoms with van der Waals surface area (Å²) in [5.74, 6) is 0. The average Bonchev–Trinajstić information content (AvgIpc) is 2.77. The Bertz CT molecular complexity index is 578. The van der Waals surface area contributed by atoms with Gasteiger partial charge in [0.1, 0.15) is 5.69 Å². The van der Waals surface area contributed by atoms with Gasteiger partial charge in [-0.25, -0.2) is 4.68 Å². The van der Waals surface area contributed by atoms with Crippen molar-refractivity contribution >= 4 is 0 Å². The van der Waals surface area contributed by atoms with E-state index in [1.54, 1.807) is 0 Å². The van der Waals surface area contributed by atoms with Gasteiger partial charge in [-0.15, -0.1) is 0 Å². The SMILES string of the molecule is N#Cc1cccc(-n2nccc2C(F)(F)F)c1. The van der Waals surface area contributed by atoms with E-state index in [4.69, 9.17) is 5.26 Å². The van der Waals surface area contributed by atoms with E-state index in [1.807, 2.05) is 6.07 Å². The highest BCUT2D eigenvalue weighted by Crippen LogP contribution is 2.30. The maximum Gasteiger partial charge on any atom is 0.433 e. The van der Waals surface area contributed by atoms with Gasteiger partial charge >= 0.3 is 6.18 Å². The third-order valence-electron chi connectivity index (χ3n) is 2.15. The van der Waals surface area contributed by atoms with Crippen LogP contribution >= 0.6 is 0 Å². The summed E-state index contributed by atoms with van der Waals surface area (Å²) in [6.45, 7) is 0. The van der Waals surface area contributed by atoms with Crippen molar-refractivity contribution in [3.63, 3.8) is 0 Å². The highest BCUT2D eigenvalue weighted by Gasteiger charge is 2.35. The Morgan fingerprint density at radius 3 is 2.65 bits per heavy atom. The molecular weight excluding hydrogens is 231 g/mol. The van der Waals surface area contributed by atoms with E-state index < -0.39 is 11.9 Å². The van der Waals surface area contributed by atoms with Crippen LogP contribution in [0.5, 0.6) is 0 Å². The van der Waals surface area contributed by atoms with Gasteiger partial charge in [-0.05, 0) is 24.3 Å². The minimum atomic E-state index is -4.47. The number of hydrogen-bond donors (Lipinski definition) is 0. The monoisotopic (exact) mass is 237 g/mol. The lowest BCUT2D eigenvalue weighted by Crippen LogP contribution is -2.13. The van der Waals surface area contributed by atoms with Gasteiger partial charge in [-0.3, -0.25) is 0 Å². The molecule has 0 radical (unpaired) electrons. The first-order valence-corrected chi connectivity index (χ1v) is 4.64. The second kappa shape index (κ2) is 3.94. The van der Waals surface area contributed by atoms with Gasteiger partial charge in [0.15, 0.2) is 0 Å². The molecule has 0 saturated heterocycles. The molecule has 0 aliphatic rings. The fourth-order valence-corrected chi connectivity index (χ4v) is 1.43. The molecule has 0 bridgehead atoms. The molecule has 1 aromatic heterocycles. The Labute approximate surface area is 94.7 Å². The summed E-state index contributed by atoms with van der Waals surface area (Å²) in [5, 5.41) is 12.3. The lowest BCUT2D eigenvalue weighted by Gasteiger charge is -2.10. The van der Waals surface area contributed by atoms with Crippen molar-refractivity contribution in [2.75, 3.05) is 0 Å². The normalized spacial score (nSPS) is 11.2. The number of rotatable bonds is 1. The molecule has 1 aromatic carbocycles. The summed E-state index contributed by atoms with van der Waals surface area (Å²) in [7, 11) is 0. The summed E-state index contributed by atoms with van der Waals surface area (Å²) < 4.78 is 38.6. The van der Waals surface area contributed by atoms with Crippen LogP contribution in [0.3, 0.4) is 0 Å². The van der Waals surface area contributed by atoms with Crippen LogP contribution in [0.1, 0.15) is 11.3 Å². The molecule has 17 heavy (non-hydrogen) atoms. The predicted molar refractivity (Wildman–Crippen MR) is 53.3 cm³/mol. The molecule has 0 N–H and O–H groups in total. The Hall–Kier alpha value is -2.29. The first-order chi connectivity index (χ1) is 8.02. The molecule has 0 spiro atoms. The van der Waals surface area contributed by atoms with E-state index in [2.05, 4.69) is 5.10 Å². The van der Waals surface area contributed by atoms with Gasteiger partial charge in [0.2, 0.25) is 0 Å². The summed E-state index contributed by atoms with van der Waals surface area (Å²) in [5.41, 5.74) is -0.375. The van der Waals surface area contributed by atoms with Crippen LogP contribution in [0.2, 0.25) is 0 Å². The number of hydrogen-bond acceptors (Lipinski definition) is 2. The molecule has 0 saturated carbocycles. The summed E-state index contributed by atoms with van der Waals surface area (Å²) in [6.07, 6.45) is -3.40. The Balaban J connectivity index is 2.55. The smallest absolute Gasteiger partial charge is 0.229 e. The molecule has 2 aromatic rings. The van der Waals surface area contributed by atoms with Gasteiger partial charge in [-0.1, -0.05) is 6.07 Å². The van der Waals surface area contributed by atoms with Crippen molar-refractivity contribution in [3.8, 4) is 11.8 Å². The van der Waals surface area contributed by atoms with Gasteiger partial charge < -0.3 is 0 Å². The zero-order chi connectivity index (χ0) is 12.5. The summed E-state index contributed by atoms with van der Waals surface area (Å²) in [6, 6.07) is 8.59. The second-order valence-electron chi connectivity index (χ2n) is 3.29. The molecule has 1 heterocycles. The van der Waals surface area contributed by atoms with Gasteiger partial charge in [0.05, 0.1) is 23.5 Å². The summed E-state index contributed by atoms with van der Waals surface area (Å²) >= 11 is 0. The van der Waals surface area contributed by atoms with Crippen LogP contribution in [-0.2, 0) is 6.18 Å². The van der Waals surface area contributed by atoms with Gasteiger partial charge in [0.25, 0.3) is 0 Å². The Kier molecular flexibility index (Phi) is 2.60. The van der Waals surface area contributed by atoms with Crippen LogP contribution in [0.25, 0.3) is 5.69 Å². The second-order valence-corrected chi connectivity index (χ2v) is 3.29. The maximum absolute atomic E-state index is 12.6. The molecule has 2 rings (SSSR count). The molecule has 0 amide bonds. The van der Waals surface area contributed by atoms with Crippen molar-refractivity contribution in [1.82, 2.24) is 9.78 Å². The Morgan fingerprint density at radius 2 is 2.00 bits per heavy atom. The van der Waals surface area contributed by atoms with Crippen molar-refractivity contribution in [3.05, 3.63) is 47.8 Å². The van der Waals surface area contributed by atoms with Crippen molar-refractivity contribution < 1.29 is 13.2 Å². The highest BCUT2D eigenvalue weighted by atomic mass is 19.4. The zero-order valence-electron chi connectivity index (χ0n) is 8.44. The van der Waals surface area contributed by atoms with Crippen LogP contribution in [0.15, 0.2) is 36.5 Å². The van der Waals surface area contributed by atoms with E-state index >= 15 is 0 Å². The molecule has 0 atom stereocenters. The topological polar surface area (TPSA) is 41.6 Å². The van der Waals surface area contributed by atoms with E-state index in [1.165, 1.54) is 24.3 Å². The number of benzene rings is 1. The minimum absolute atomic E-state index is 0.210. The molecule has 0 aliphatic carbocycles. The molecule has 0 unspecified atom stereocenters. The number of nitrogens with zero attached hydrogens (tertiary/aromatic N) is 3. The van der Waals surface area contributed by atoms with Crippen LogP contribution in [0.4, 0.5) is 13.2 Å². The van der Waals surface area contributed by atoms with Crippen molar-refractivity contribution in [1.29, 1.82) is 5.26 Å². The molecule has 3 nitrogen and oxygen atoms in total. The first-order valence-electron chi connectivity index (χ1n) is 4.64. The third-order valence-corrected chi connectivity index (χ3v) is 2.15. The lowest BCUT2D eigenvalue weighted by atomic mass is 10.2. The van der Waals surface area contributed by atoms with Crippen molar-refractivity contribution in [2.45, 2.75) is 6.18 Å². The quantitative estimate of drug-likeness (QED) is 0.765. The van der Waals surface area contributed by atoms with Gasteiger partial charge in [0, 0.05) is 0 Å². The van der Waals surface area contributed by atoms with Gasteiger partial charge in [-0.2, -0.15) is 23.5 Å². The van der Waals surface area contributed by atoms with Crippen LogP contribution in [-0.4, -0.2) is 9.78 Å². The summed E-state index contributed by atoms with van der Waals surface area (Å²) in [4.78, 5) is 0. The van der Waals surface area contributed by atoms with E-state index in [9.17, 15) is 13.2 Å². The van der Waals surface area contributed by atoms with Crippen molar-refractivity contribution in [2.24, 2.45) is 0 Å². The van der Waals surface area contributed by atoms with Crippen LogP contribution in [0, 0.1) is 11.3 Å². The number of alkyl halides is 3. The fraction of sp³-hybridized carbons (Fsp3) is 0.0909. The number of halogens is 3. The largest absolute Gasteiger partial charge is 0.433 e. The lowest BCUT2D eigenvalue weighted by molar-refractivity contribution is -0.142. The molecule has 6 heteroatoms. The third kappa shape index (κ3) is 2.13. The molecular formula is C11H6F3N3. The number of aromatic nitrogens is 2. The van der Waals surface area contributed by atoms with E-state index in [-0.39, 0.29) is 11.3 Å². The number of nitriles is 1. The zero-order valence-corrected chi connectivity index (χ0v) is 8.44. The predicted octanol–water partition coefficient (Wildman–Crippen LogP) is 2.76. The standard InChI is InChI=1S/C11H6F3N3/c12-11(13,14)10-4-5-16-17(10)9-3-1-2-8(6-9)7-15/h1-6H. The maximum atomic E-state index is 12.6. The molecule has 0 fully saturated rings. The first kappa shape index (κ1) is 11.2. The van der Waals surface area contributed by atoms with E-state index in [0.29, 0.717) is 0 Å². The molecule has 0 aliphatic heterocycles. The fourth-order valence-electron chi connectivity index (χ4n) is 1.43. The average molecular weight is 237 g/mol.